The highest BCUT2D eigenvalue weighted by Gasteiger charge is 2.39. The van der Waals surface area contributed by atoms with Crippen LogP contribution >= 0.6 is 11.3 Å². The van der Waals surface area contributed by atoms with Gasteiger partial charge in [0.15, 0.2) is 0 Å². The van der Waals surface area contributed by atoms with E-state index in [9.17, 15) is 9.59 Å². The van der Waals surface area contributed by atoms with Crippen LogP contribution in [0.5, 0.6) is 0 Å². The Balaban J connectivity index is 1.23. The first-order chi connectivity index (χ1) is 19.8. The third-order valence-corrected chi connectivity index (χ3v) is 9.64. The molecule has 2 fully saturated rings. The number of anilines is 1. The molecule has 0 radical (unpaired) electrons. The first kappa shape index (κ1) is 27.2. The number of amides is 1. The molecule has 2 aliphatic carbocycles. The fraction of sp³-hybridized carbons (Fsp3) is 0.355. The number of nitrogens with one attached hydrogen (secondary N) is 2. The van der Waals surface area contributed by atoms with E-state index in [0.29, 0.717) is 44.0 Å². The summed E-state index contributed by atoms with van der Waals surface area (Å²) in [4.78, 5) is 34.6. The van der Waals surface area contributed by atoms with E-state index < -0.39 is 0 Å². The van der Waals surface area contributed by atoms with Crippen molar-refractivity contribution in [3.05, 3.63) is 79.9 Å². The number of rotatable bonds is 6. The summed E-state index contributed by atoms with van der Waals surface area (Å²) in [5.41, 5.74) is 10.7. The van der Waals surface area contributed by atoms with Gasteiger partial charge in [-0.3, -0.25) is 15.0 Å². The highest BCUT2D eigenvalue weighted by atomic mass is 32.1. The molecule has 212 valence electrons. The summed E-state index contributed by atoms with van der Waals surface area (Å²) in [5, 5.41) is 11.4. The molecule has 2 unspecified atom stereocenters. The summed E-state index contributed by atoms with van der Waals surface area (Å²) in [7, 11) is 1.68. The van der Waals surface area contributed by atoms with Gasteiger partial charge in [-0.25, -0.2) is 4.99 Å². The Morgan fingerprint density at radius 1 is 1.20 bits per heavy atom. The molecule has 3 aliphatic rings. The molecule has 1 aromatic carbocycles. The Labute approximate surface area is 242 Å². The minimum atomic E-state index is -0.282. The van der Waals surface area contributed by atoms with Crippen LogP contribution in [-0.2, 0) is 11.8 Å². The first-order valence-electron chi connectivity index (χ1n) is 14.0. The number of morpholine rings is 1. The van der Waals surface area contributed by atoms with E-state index in [4.69, 9.17) is 15.9 Å². The van der Waals surface area contributed by atoms with Crippen LogP contribution in [0, 0.1) is 12.3 Å². The Morgan fingerprint density at radius 2 is 1.98 bits per heavy atom. The lowest BCUT2D eigenvalue weighted by molar-refractivity contribution is 0.0681. The maximum Gasteiger partial charge on any atom is 0.276 e. The van der Waals surface area contributed by atoms with Crippen molar-refractivity contribution in [2.75, 3.05) is 31.6 Å². The minimum Gasteiger partial charge on any atom is -0.384 e. The quantitative estimate of drug-likeness (QED) is 0.287. The molecule has 3 aromatic rings. The van der Waals surface area contributed by atoms with Gasteiger partial charge in [0.05, 0.1) is 18.1 Å². The smallest absolute Gasteiger partial charge is 0.276 e. The van der Waals surface area contributed by atoms with Crippen LogP contribution in [0.1, 0.15) is 56.8 Å². The number of benzene rings is 1. The molecule has 9 nitrogen and oxygen atoms in total. The fourth-order valence-electron chi connectivity index (χ4n) is 6.11. The van der Waals surface area contributed by atoms with Gasteiger partial charge in [-0.1, -0.05) is 12.1 Å². The predicted octanol–water partition coefficient (Wildman–Crippen LogP) is 4.89. The summed E-state index contributed by atoms with van der Waals surface area (Å²) in [5.74, 6) is 1.63. The van der Waals surface area contributed by atoms with Crippen molar-refractivity contribution in [2.45, 2.75) is 38.0 Å². The highest BCUT2D eigenvalue weighted by molar-refractivity contribution is 7.14. The number of aryl methyl sites for hydroxylation is 1. The Morgan fingerprint density at radius 3 is 2.76 bits per heavy atom. The summed E-state index contributed by atoms with van der Waals surface area (Å²) in [6.45, 7) is 4.44. The molecule has 10 heteroatoms. The van der Waals surface area contributed by atoms with Crippen LogP contribution in [0.25, 0.3) is 11.1 Å². The molecular weight excluding hydrogens is 536 g/mol. The van der Waals surface area contributed by atoms with Crippen LogP contribution in [0.3, 0.4) is 0 Å². The number of nitrogens with zero attached hydrogens (tertiary/aromatic N) is 3. The maximum absolute atomic E-state index is 13.2. The average Bonchev–Trinajstić information content (AvgIpc) is 3.70. The third-order valence-electron chi connectivity index (χ3n) is 8.33. The lowest BCUT2D eigenvalue weighted by Crippen LogP contribution is -2.39. The van der Waals surface area contributed by atoms with E-state index in [2.05, 4.69) is 16.4 Å². The first-order valence-corrected chi connectivity index (χ1v) is 14.8. The molecule has 1 saturated heterocycles. The minimum absolute atomic E-state index is 0.0861. The lowest BCUT2D eigenvalue weighted by atomic mass is 9.98. The van der Waals surface area contributed by atoms with E-state index in [-0.39, 0.29) is 23.0 Å². The lowest BCUT2D eigenvalue weighted by Gasteiger charge is -2.27. The zero-order chi connectivity index (χ0) is 28.7. The number of hydrogen-bond donors (Lipinski definition) is 3. The number of nitrogens with two attached hydrogens (primary N) is 1. The molecule has 2 bridgehead atoms. The van der Waals surface area contributed by atoms with Gasteiger partial charge in [0.2, 0.25) is 0 Å². The molecule has 6 rings (SSSR count). The zero-order valence-electron chi connectivity index (χ0n) is 23.3. The molecule has 1 amide bonds. The van der Waals surface area contributed by atoms with Gasteiger partial charge in [-0.2, -0.15) is 0 Å². The van der Waals surface area contributed by atoms with Crippen molar-refractivity contribution >= 4 is 40.3 Å². The van der Waals surface area contributed by atoms with Crippen LogP contribution in [0.2, 0.25) is 0 Å². The van der Waals surface area contributed by atoms with Crippen molar-refractivity contribution in [3.63, 3.8) is 0 Å². The van der Waals surface area contributed by atoms with E-state index in [0.717, 1.165) is 27.3 Å². The van der Waals surface area contributed by atoms with E-state index >= 15 is 0 Å². The van der Waals surface area contributed by atoms with Crippen molar-refractivity contribution in [3.8, 4) is 11.1 Å². The number of pyridine rings is 1. The second-order valence-electron chi connectivity index (χ2n) is 11.0. The number of aliphatic imine (C=N–C) groups is 1. The number of carbonyl (C=O) groups is 1. The van der Waals surface area contributed by atoms with E-state index in [1.807, 2.05) is 30.0 Å². The normalized spacial score (nSPS) is 20.0. The molecule has 1 aliphatic heterocycles. The van der Waals surface area contributed by atoms with Gasteiger partial charge in [0.25, 0.3) is 11.5 Å². The summed E-state index contributed by atoms with van der Waals surface area (Å²) < 4.78 is 6.81. The van der Waals surface area contributed by atoms with E-state index in [1.165, 1.54) is 40.3 Å². The predicted molar refractivity (Wildman–Crippen MR) is 164 cm³/mol. The van der Waals surface area contributed by atoms with Crippen molar-refractivity contribution in [1.82, 2.24) is 9.47 Å². The molecule has 1 saturated carbocycles. The second-order valence-corrected chi connectivity index (χ2v) is 12.0. The van der Waals surface area contributed by atoms with Crippen LogP contribution in [0.4, 0.5) is 11.4 Å². The Hall–Kier alpha value is -4.02. The topological polar surface area (TPSA) is 126 Å². The number of fused-ring (bicyclic) bond motifs is 5. The molecule has 4 N–H and O–H groups in total. The summed E-state index contributed by atoms with van der Waals surface area (Å²) >= 11 is 1.64. The third kappa shape index (κ3) is 5.37. The number of amidine groups is 2. The molecule has 41 heavy (non-hydrogen) atoms. The van der Waals surface area contributed by atoms with Gasteiger partial charge >= 0.3 is 0 Å². The molecule has 2 aromatic heterocycles. The summed E-state index contributed by atoms with van der Waals surface area (Å²) in [6, 6.07) is 9.56. The van der Waals surface area contributed by atoms with Gasteiger partial charge < -0.3 is 25.3 Å². The molecule has 3 heterocycles. The number of carbonyl (C=O) groups excluding carboxylic acids is 1. The molecular formula is C31H34N6O3S. The zero-order valence-corrected chi connectivity index (χ0v) is 24.1. The van der Waals surface area contributed by atoms with E-state index in [1.54, 1.807) is 36.7 Å². The Kier molecular flexibility index (Phi) is 7.35. The van der Waals surface area contributed by atoms with Crippen molar-refractivity contribution in [2.24, 2.45) is 17.8 Å². The monoisotopic (exact) mass is 570 g/mol. The van der Waals surface area contributed by atoms with Crippen molar-refractivity contribution in [1.29, 1.82) is 5.41 Å². The Bertz CT molecular complexity index is 1620. The summed E-state index contributed by atoms with van der Waals surface area (Å²) in [6.07, 6.45) is 8.61. The second kappa shape index (κ2) is 11.1. The average molecular weight is 571 g/mol. The molecule has 0 spiro atoms. The standard InChI is InChI=1S/C31H34N6O3S/c1-18-22(4-3-5-24(18)35-30(38)26-16-23-19-6-7-20(14-19)29(23)41-26)21-15-25(31(39)36(2)17-21)34-27(32)8-9-28(33)37-10-12-40-13-11-37/h3-5,8-9,15-17,19-20,33H,6-7,10-14H2,1-2H3,(H2,32,34)(H,35,38)/b9-8-,33-28?. The van der Waals surface area contributed by atoms with Gasteiger partial charge in [-0.05, 0) is 85.1 Å². The number of thiophene rings is 1. The van der Waals surface area contributed by atoms with Crippen molar-refractivity contribution < 1.29 is 9.53 Å². The van der Waals surface area contributed by atoms with Crippen LogP contribution in [-0.4, -0.2) is 53.3 Å². The van der Waals surface area contributed by atoms with Gasteiger partial charge in [0.1, 0.15) is 17.4 Å². The van der Waals surface area contributed by atoms with Crippen LogP contribution in [0.15, 0.2) is 58.5 Å². The van der Waals surface area contributed by atoms with Gasteiger partial charge in [0, 0.05) is 42.5 Å². The maximum atomic E-state index is 13.2. The number of aromatic nitrogens is 1. The van der Waals surface area contributed by atoms with Crippen LogP contribution < -0.4 is 16.6 Å². The van der Waals surface area contributed by atoms with Gasteiger partial charge in [-0.15, -0.1) is 11.3 Å². The molecule has 2 atom stereocenters. The fourth-order valence-corrected chi connectivity index (χ4v) is 7.40. The number of hydrogen-bond acceptors (Lipinski definition) is 6. The number of ether oxygens (including phenoxy) is 1. The SMILES string of the molecule is Cc1c(NC(=O)c2cc3c(s2)C2CCC3C2)cccc1-c1cc(N=C(N)/C=C\C(=N)N2CCOCC2)c(=O)n(C)c1. The largest absolute Gasteiger partial charge is 0.384 e. The highest BCUT2D eigenvalue weighted by Crippen LogP contribution is 2.55.